The highest BCUT2D eigenvalue weighted by Gasteiger charge is 2.18. The first kappa shape index (κ1) is 12.8. The Kier molecular flexibility index (Phi) is 6.00. The molecule has 0 amide bonds. The summed E-state index contributed by atoms with van der Waals surface area (Å²) in [6, 6.07) is 0.563. The molecule has 1 fully saturated rings. The highest BCUT2D eigenvalue weighted by Crippen LogP contribution is 2.28. The number of rotatable bonds is 6. The average molecular weight is 209 g/mol. The summed E-state index contributed by atoms with van der Waals surface area (Å²) < 4.78 is 0. The monoisotopic (exact) mass is 209 g/mol. The molecule has 1 nitrogen and oxygen atoms in total. The van der Waals surface area contributed by atoms with Crippen LogP contribution in [0.25, 0.3) is 0 Å². The molecule has 0 bridgehead atoms. The highest BCUT2D eigenvalue weighted by molar-refractivity contribution is 5.02. The van der Waals surface area contributed by atoms with Crippen molar-refractivity contribution in [3.8, 4) is 0 Å². The zero-order valence-corrected chi connectivity index (χ0v) is 10.5. The first-order valence-electron chi connectivity index (χ1n) is 6.62. The smallest absolute Gasteiger partial charge is 0.0276 e. The third-order valence-electron chi connectivity index (χ3n) is 3.53. The molecule has 1 atom stereocenters. The van der Waals surface area contributed by atoms with Gasteiger partial charge in [0.2, 0.25) is 0 Å². The molecule has 1 unspecified atom stereocenters. The van der Waals surface area contributed by atoms with E-state index in [1.807, 2.05) is 0 Å². The van der Waals surface area contributed by atoms with Gasteiger partial charge in [0.05, 0.1) is 0 Å². The summed E-state index contributed by atoms with van der Waals surface area (Å²) in [7, 11) is 0. The number of nitrogens with one attached hydrogen (secondary N) is 1. The standard InChI is InChI=1S/C14H27N/c1-4-10-15-14(12(2)3)11-13-8-6-5-7-9-13/h13-15H,2,4-11H2,1,3H3. The second-order valence-electron chi connectivity index (χ2n) is 5.09. The van der Waals surface area contributed by atoms with Crippen molar-refractivity contribution in [1.82, 2.24) is 5.32 Å². The van der Waals surface area contributed by atoms with Crippen molar-refractivity contribution in [2.24, 2.45) is 5.92 Å². The predicted molar refractivity (Wildman–Crippen MR) is 68.1 cm³/mol. The Bertz CT molecular complexity index is 180. The van der Waals surface area contributed by atoms with E-state index in [-0.39, 0.29) is 0 Å². The van der Waals surface area contributed by atoms with E-state index in [2.05, 4.69) is 25.7 Å². The molecule has 1 aliphatic carbocycles. The fraction of sp³-hybridized carbons (Fsp3) is 0.857. The normalized spacial score (nSPS) is 20.1. The summed E-state index contributed by atoms with van der Waals surface area (Å²) in [6.45, 7) is 9.63. The van der Waals surface area contributed by atoms with Crippen LogP contribution in [0.3, 0.4) is 0 Å². The first-order chi connectivity index (χ1) is 7.24. The molecule has 0 saturated heterocycles. The van der Waals surface area contributed by atoms with Crippen molar-refractivity contribution in [3.63, 3.8) is 0 Å². The van der Waals surface area contributed by atoms with Crippen molar-refractivity contribution >= 4 is 0 Å². The highest BCUT2D eigenvalue weighted by atomic mass is 14.9. The van der Waals surface area contributed by atoms with Crippen LogP contribution in [-0.2, 0) is 0 Å². The van der Waals surface area contributed by atoms with Crippen molar-refractivity contribution in [1.29, 1.82) is 0 Å². The second kappa shape index (κ2) is 7.05. The lowest BCUT2D eigenvalue weighted by Gasteiger charge is -2.27. The van der Waals surface area contributed by atoms with Gasteiger partial charge in [-0.2, -0.15) is 0 Å². The molecule has 15 heavy (non-hydrogen) atoms. The van der Waals surface area contributed by atoms with E-state index in [0.717, 1.165) is 12.5 Å². The molecule has 1 heteroatoms. The average Bonchev–Trinajstić information content (AvgIpc) is 2.25. The van der Waals surface area contributed by atoms with E-state index < -0.39 is 0 Å². The van der Waals surface area contributed by atoms with Gasteiger partial charge in [0.15, 0.2) is 0 Å². The van der Waals surface area contributed by atoms with Crippen LogP contribution in [0.2, 0.25) is 0 Å². The molecule has 0 heterocycles. The molecular formula is C14H27N. The van der Waals surface area contributed by atoms with Gasteiger partial charge in [0, 0.05) is 6.04 Å². The third kappa shape index (κ3) is 4.83. The molecule has 1 N–H and O–H groups in total. The molecule has 1 rings (SSSR count). The van der Waals surface area contributed by atoms with Crippen molar-refractivity contribution in [3.05, 3.63) is 12.2 Å². The Hall–Kier alpha value is -0.300. The third-order valence-corrected chi connectivity index (χ3v) is 3.53. The summed E-state index contributed by atoms with van der Waals surface area (Å²) in [4.78, 5) is 0. The summed E-state index contributed by atoms with van der Waals surface area (Å²) >= 11 is 0. The summed E-state index contributed by atoms with van der Waals surface area (Å²) in [5.41, 5.74) is 1.31. The van der Waals surface area contributed by atoms with Gasteiger partial charge in [-0.25, -0.2) is 0 Å². The van der Waals surface area contributed by atoms with E-state index in [0.29, 0.717) is 6.04 Å². The minimum absolute atomic E-state index is 0.563. The molecule has 0 spiro atoms. The molecule has 0 aromatic carbocycles. The van der Waals surface area contributed by atoms with E-state index >= 15 is 0 Å². The van der Waals surface area contributed by atoms with Crippen LogP contribution in [0.1, 0.15) is 58.8 Å². The maximum atomic E-state index is 4.11. The van der Waals surface area contributed by atoms with Crippen LogP contribution in [0, 0.1) is 5.92 Å². The van der Waals surface area contributed by atoms with Crippen molar-refractivity contribution in [2.75, 3.05) is 6.54 Å². The van der Waals surface area contributed by atoms with Gasteiger partial charge < -0.3 is 5.32 Å². The summed E-state index contributed by atoms with van der Waals surface area (Å²) in [5.74, 6) is 0.949. The van der Waals surface area contributed by atoms with Crippen molar-refractivity contribution in [2.45, 2.75) is 64.8 Å². The number of hydrogen-bond donors (Lipinski definition) is 1. The molecular weight excluding hydrogens is 182 g/mol. The van der Waals surface area contributed by atoms with Crippen LogP contribution in [0.15, 0.2) is 12.2 Å². The van der Waals surface area contributed by atoms with E-state index in [1.54, 1.807) is 0 Å². The maximum absolute atomic E-state index is 4.11. The molecule has 1 saturated carbocycles. The van der Waals surface area contributed by atoms with Crippen LogP contribution < -0.4 is 5.32 Å². The molecule has 0 aromatic heterocycles. The topological polar surface area (TPSA) is 12.0 Å². The lowest BCUT2D eigenvalue weighted by Crippen LogP contribution is -2.33. The first-order valence-corrected chi connectivity index (χ1v) is 6.62. The van der Waals surface area contributed by atoms with Gasteiger partial charge in [0.25, 0.3) is 0 Å². The summed E-state index contributed by atoms with van der Waals surface area (Å²) in [5, 5.41) is 3.62. The van der Waals surface area contributed by atoms with Gasteiger partial charge in [-0.05, 0) is 32.2 Å². The second-order valence-corrected chi connectivity index (χ2v) is 5.09. The quantitative estimate of drug-likeness (QED) is 0.654. The van der Waals surface area contributed by atoms with E-state index in [4.69, 9.17) is 0 Å². The fourth-order valence-corrected chi connectivity index (χ4v) is 2.53. The van der Waals surface area contributed by atoms with Gasteiger partial charge in [-0.1, -0.05) is 51.2 Å². The van der Waals surface area contributed by atoms with Crippen LogP contribution in [0.4, 0.5) is 0 Å². The van der Waals surface area contributed by atoms with E-state index in [9.17, 15) is 0 Å². The zero-order valence-electron chi connectivity index (χ0n) is 10.5. The lowest BCUT2D eigenvalue weighted by atomic mass is 9.83. The Labute approximate surface area is 95.3 Å². The zero-order chi connectivity index (χ0) is 11.1. The Balaban J connectivity index is 2.31. The van der Waals surface area contributed by atoms with Gasteiger partial charge in [-0.15, -0.1) is 0 Å². The molecule has 0 radical (unpaired) electrons. The molecule has 1 aliphatic rings. The molecule has 88 valence electrons. The largest absolute Gasteiger partial charge is 0.310 e. The van der Waals surface area contributed by atoms with Crippen LogP contribution >= 0.6 is 0 Å². The maximum Gasteiger partial charge on any atom is 0.0276 e. The Morgan fingerprint density at radius 1 is 1.33 bits per heavy atom. The van der Waals surface area contributed by atoms with Crippen LogP contribution in [-0.4, -0.2) is 12.6 Å². The molecule has 0 aliphatic heterocycles. The van der Waals surface area contributed by atoms with Gasteiger partial charge in [0.1, 0.15) is 0 Å². The number of hydrogen-bond acceptors (Lipinski definition) is 1. The summed E-state index contributed by atoms with van der Waals surface area (Å²) in [6.07, 6.45) is 9.76. The SMILES string of the molecule is C=C(C)C(CC1CCCCC1)NCCC. The van der Waals surface area contributed by atoms with Gasteiger partial charge in [-0.3, -0.25) is 0 Å². The minimum atomic E-state index is 0.563. The molecule has 0 aromatic rings. The Morgan fingerprint density at radius 3 is 2.53 bits per heavy atom. The van der Waals surface area contributed by atoms with Crippen LogP contribution in [0.5, 0.6) is 0 Å². The fourth-order valence-electron chi connectivity index (χ4n) is 2.53. The minimum Gasteiger partial charge on any atom is -0.310 e. The Morgan fingerprint density at radius 2 is 2.00 bits per heavy atom. The van der Waals surface area contributed by atoms with E-state index in [1.165, 1.54) is 50.5 Å². The van der Waals surface area contributed by atoms with Crippen molar-refractivity contribution < 1.29 is 0 Å². The lowest BCUT2D eigenvalue weighted by molar-refractivity contribution is 0.311. The predicted octanol–water partition coefficient (Wildman–Crippen LogP) is 3.90. The van der Waals surface area contributed by atoms with Gasteiger partial charge >= 0.3 is 0 Å².